The molecule has 7 heteroatoms. The van der Waals surface area contributed by atoms with E-state index in [0.717, 1.165) is 25.0 Å². The Kier molecular flexibility index (Phi) is 4.43. The number of hydrogen-bond donors (Lipinski definition) is 2. The maximum atomic E-state index is 12.0. The molecule has 0 unspecified atom stereocenters. The summed E-state index contributed by atoms with van der Waals surface area (Å²) in [5.74, 6) is 1.26. The lowest BCUT2D eigenvalue weighted by Crippen LogP contribution is -2.34. The van der Waals surface area contributed by atoms with E-state index >= 15 is 0 Å². The number of nitrogens with zero attached hydrogens (tertiary/aromatic N) is 3. The number of aromatic nitrogens is 4. The van der Waals surface area contributed by atoms with Crippen LogP contribution in [0.2, 0.25) is 0 Å². The molecule has 0 saturated heterocycles. The summed E-state index contributed by atoms with van der Waals surface area (Å²) in [7, 11) is 0. The maximum absolute atomic E-state index is 12.0. The number of ether oxygens (including phenoxy) is 1. The van der Waals surface area contributed by atoms with Gasteiger partial charge in [0.1, 0.15) is 0 Å². The lowest BCUT2D eigenvalue weighted by molar-refractivity contribution is -0.119. The van der Waals surface area contributed by atoms with Crippen molar-refractivity contribution in [3.05, 3.63) is 24.5 Å². The standard InChI is InChI=1S/C15H19N5O2/c1-2-22-12-7-10(8-12)9-13(21)17-15-18-14(19-20-15)11-3-5-16-6-4-11/h3-6,10,12H,2,7-9H2,1H3,(H2,17,18,19,20,21). The Hall–Kier alpha value is -2.28. The Morgan fingerprint density at radius 1 is 1.41 bits per heavy atom. The van der Waals surface area contributed by atoms with Gasteiger partial charge in [0.05, 0.1) is 6.10 Å². The number of carbonyl (C=O) groups excluding carboxylic acids is 1. The van der Waals surface area contributed by atoms with Crippen molar-refractivity contribution in [1.29, 1.82) is 0 Å². The van der Waals surface area contributed by atoms with Crippen molar-refractivity contribution >= 4 is 11.9 Å². The van der Waals surface area contributed by atoms with E-state index in [1.165, 1.54) is 0 Å². The topological polar surface area (TPSA) is 92.8 Å². The SMILES string of the molecule is CCOC1CC(CC(=O)Nc2n[nH]c(-c3ccncc3)n2)C1. The highest BCUT2D eigenvalue weighted by molar-refractivity contribution is 5.89. The highest BCUT2D eigenvalue weighted by atomic mass is 16.5. The van der Waals surface area contributed by atoms with Gasteiger partial charge in [-0.05, 0) is 37.8 Å². The fourth-order valence-corrected chi connectivity index (χ4v) is 2.61. The normalized spacial score (nSPS) is 20.4. The van der Waals surface area contributed by atoms with Crippen molar-refractivity contribution in [3.8, 4) is 11.4 Å². The molecule has 2 aromatic heterocycles. The number of pyridine rings is 1. The summed E-state index contributed by atoms with van der Waals surface area (Å²) in [6.45, 7) is 2.72. The molecule has 2 aromatic rings. The van der Waals surface area contributed by atoms with Crippen molar-refractivity contribution in [3.63, 3.8) is 0 Å². The van der Waals surface area contributed by atoms with E-state index < -0.39 is 0 Å². The van der Waals surface area contributed by atoms with Gasteiger partial charge in [-0.2, -0.15) is 4.98 Å². The minimum Gasteiger partial charge on any atom is -0.378 e. The zero-order chi connectivity index (χ0) is 15.4. The lowest BCUT2D eigenvalue weighted by atomic mass is 9.80. The average Bonchev–Trinajstić information content (AvgIpc) is 2.94. The molecule has 1 amide bonds. The molecule has 22 heavy (non-hydrogen) atoms. The van der Waals surface area contributed by atoms with Crippen LogP contribution >= 0.6 is 0 Å². The van der Waals surface area contributed by atoms with Crippen LogP contribution in [0.1, 0.15) is 26.2 Å². The number of carbonyl (C=O) groups is 1. The van der Waals surface area contributed by atoms with E-state index in [0.29, 0.717) is 30.2 Å². The highest BCUT2D eigenvalue weighted by Gasteiger charge is 2.31. The molecule has 2 heterocycles. The molecule has 0 aliphatic heterocycles. The first-order valence-corrected chi connectivity index (χ1v) is 7.49. The molecular weight excluding hydrogens is 282 g/mol. The van der Waals surface area contributed by atoms with Crippen LogP contribution in [0.15, 0.2) is 24.5 Å². The van der Waals surface area contributed by atoms with Gasteiger partial charge in [0.15, 0.2) is 5.82 Å². The van der Waals surface area contributed by atoms with Gasteiger partial charge >= 0.3 is 0 Å². The van der Waals surface area contributed by atoms with Gasteiger partial charge in [0.25, 0.3) is 0 Å². The Bertz CT molecular complexity index is 622. The lowest BCUT2D eigenvalue weighted by Gasteiger charge is -2.34. The van der Waals surface area contributed by atoms with Crippen molar-refractivity contribution in [2.24, 2.45) is 5.92 Å². The predicted molar refractivity (Wildman–Crippen MR) is 81.0 cm³/mol. The second kappa shape index (κ2) is 6.65. The Morgan fingerprint density at radius 3 is 2.91 bits per heavy atom. The smallest absolute Gasteiger partial charge is 0.249 e. The summed E-state index contributed by atoms with van der Waals surface area (Å²) < 4.78 is 5.49. The molecular formula is C15H19N5O2. The Morgan fingerprint density at radius 2 is 2.18 bits per heavy atom. The van der Waals surface area contributed by atoms with E-state index in [1.807, 2.05) is 19.1 Å². The molecule has 116 valence electrons. The molecule has 1 aliphatic carbocycles. The second-order valence-electron chi connectivity index (χ2n) is 5.41. The molecule has 7 nitrogen and oxygen atoms in total. The highest BCUT2D eigenvalue weighted by Crippen LogP contribution is 2.32. The molecule has 0 aromatic carbocycles. The third-order valence-electron chi connectivity index (χ3n) is 3.76. The van der Waals surface area contributed by atoms with Crippen molar-refractivity contribution in [2.75, 3.05) is 11.9 Å². The third-order valence-corrected chi connectivity index (χ3v) is 3.76. The first-order chi connectivity index (χ1) is 10.7. The van der Waals surface area contributed by atoms with Crippen LogP contribution in [-0.2, 0) is 9.53 Å². The largest absolute Gasteiger partial charge is 0.378 e. The molecule has 3 rings (SSSR count). The van der Waals surface area contributed by atoms with E-state index in [4.69, 9.17) is 4.74 Å². The van der Waals surface area contributed by atoms with Crippen LogP contribution in [0, 0.1) is 5.92 Å². The number of H-pyrrole nitrogens is 1. The van der Waals surface area contributed by atoms with Crippen LogP contribution in [0.5, 0.6) is 0 Å². The van der Waals surface area contributed by atoms with Gasteiger partial charge in [-0.1, -0.05) is 0 Å². The van der Waals surface area contributed by atoms with Crippen LogP contribution < -0.4 is 5.32 Å². The van der Waals surface area contributed by atoms with Gasteiger partial charge in [0, 0.05) is 31.0 Å². The van der Waals surface area contributed by atoms with Gasteiger partial charge in [0.2, 0.25) is 11.9 Å². The summed E-state index contributed by atoms with van der Waals surface area (Å²) >= 11 is 0. The fraction of sp³-hybridized carbons (Fsp3) is 0.467. The zero-order valence-corrected chi connectivity index (χ0v) is 12.5. The molecule has 0 atom stereocenters. The van der Waals surface area contributed by atoms with E-state index in [-0.39, 0.29) is 5.91 Å². The van der Waals surface area contributed by atoms with Gasteiger partial charge in [-0.15, -0.1) is 5.10 Å². The maximum Gasteiger partial charge on any atom is 0.249 e. The van der Waals surface area contributed by atoms with Gasteiger partial charge in [-0.3, -0.25) is 20.2 Å². The number of hydrogen-bond acceptors (Lipinski definition) is 5. The number of anilines is 1. The van der Waals surface area contributed by atoms with Crippen LogP contribution in [0.25, 0.3) is 11.4 Å². The molecule has 1 saturated carbocycles. The van der Waals surface area contributed by atoms with E-state index in [2.05, 4.69) is 25.5 Å². The summed E-state index contributed by atoms with van der Waals surface area (Å²) in [6.07, 6.45) is 6.09. The summed E-state index contributed by atoms with van der Waals surface area (Å²) in [5.41, 5.74) is 0.876. The molecule has 1 fully saturated rings. The summed E-state index contributed by atoms with van der Waals surface area (Å²) in [5, 5.41) is 9.55. The Balaban J connectivity index is 1.49. The van der Waals surface area contributed by atoms with Crippen molar-refractivity contribution in [1.82, 2.24) is 20.2 Å². The van der Waals surface area contributed by atoms with Crippen molar-refractivity contribution < 1.29 is 9.53 Å². The molecule has 1 aliphatic rings. The Labute approximate surface area is 128 Å². The third kappa shape index (κ3) is 3.48. The first-order valence-electron chi connectivity index (χ1n) is 7.49. The average molecular weight is 301 g/mol. The predicted octanol–water partition coefficient (Wildman–Crippen LogP) is 2.01. The molecule has 2 N–H and O–H groups in total. The summed E-state index contributed by atoms with van der Waals surface area (Å²) in [4.78, 5) is 20.2. The van der Waals surface area contributed by atoms with Crippen molar-refractivity contribution in [2.45, 2.75) is 32.3 Å². The molecule has 0 radical (unpaired) electrons. The van der Waals surface area contributed by atoms with Crippen LogP contribution in [0.3, 0.4) is 0 Å². The van der Waals surface area contributed by atoms with Crippen LogP contribution in [-0.4, -0.2) is 38.8 Å². The van der Waals surface area contributed by atoms with E-state index in [1.54, 1.807) is 12.4 Å². The molecule has 0 bridgehead atoms. The van der Waals surface area contributed by atoms with Crippen LogP contribution in [0.4, 0.5) is 5.95 Å². The summed E-state index contributed by atoms with van der Waals surface area (Å²) in [6, 6.07) is 3.66. The number of nitrogens with one attached hydrogen (secondary N) is 2. The quantitative estimate of drug-likeness (QED) is 0.851. The number of aromatic amines is 1. The zero-order valence-electron chi connectivity index (χ0n) is 12.5. The first kappa shape index (κ1) is 14.6. The monoisotopic (exact) mass is 301 g/mol. The number of rotatable bonds is 6. The second-order valence-corrected chi connectivity index (χ2v) is 5.41. The van der Waals surface area contributed by atoms with Gasteiger partial charge < -0.3 is 4.74 Å². The minimum absolute atomic E-state index is 0.0553. The van der Waals surface area contributed by atoms with E-state index in [9.17, 15) is 4.79 Å². The van der Waals surface area contributed by atoms with Gasteiger partial charge in [-0.25, -0.2) is 0 Å². The fourth-order valence-electron chi connectivity index (χ4n) is 2.61. The minimum atomic E-state index is -0.0553. The number of amides is 1. The molecule has 0 spiro atoms.